The lowest BCUT2D eigenvalue weighted by atomic mass is 9.71. The normalized spacial score (nSPS) is 49.4. The van der Waals surface area contributed by atoms with Crippen LogP contribution in [0.15, 0.2) is 47.1 Å². The van der Waals surface area contributed by atoms with E-state index in [0.717, 1.165) is 18.4 Å². The van der Waals surface area contributed by atoms with Crippen molar-refractivity contribution in [2.24, 2.45) is 23.7 Å². The third kappa shape index (κ3) is 9.73. The van der Waals surface area contributed by atoms with Crippen molar-refractivity contribution >= 4 is 5.97 Å². The number of carbonyl (C=O) groups is 1. The van der Waals surface area contributed by atoms with Crippen LogP contribution in [0.25, 0.3) is 0 Å². The van der Waals surface area contributed by atoms with Crippen molar-refractivity contribution in [3.63, 3.8) is 0 Å². The number of carbonyl (C=O) groups excluding carboxylic acids is 1. The summed E-state index contributed by atoms with van der Waals surface area (Å²) in [6, 6.07) is 0. The number of esters is 1. The molecule has 7 aliphatic rings. The first kappa shape index (κ1) is 47.9. The van der Waals surface area contributed by atoms with E-state index in [1.807, 2.05) is 19.1 Å². The van der Waals surface area contributed by atoms with E-state index in [2.05, 4.69) is 40.7 Å². The van der Waals surface area contributed by atoms with E-state index in [1.165, 1.54) is 0 Å². The number of aliphatic hydroxyl groups excluding tert-OH is 2. The lowest BCUT2D eigenvalue weighted by molar-refractivity contribution is -0.340. The fraction of sp³-hybridized carbons (Fsp3) is 0.812. The maximum absolute atomic E-state index is 14.4. The second kappa shape index (κ2) is 19.8. The summed E-state index contributed by atoms with van der Waals surface area (Å²) in [5, 5.41) is 34.2. The molecule has 62 heavy (non-hydrogen) atoms. The number of methoxy groups -OCH3 is 2. The van der Waals surface area contributed by atoms with Gasteiger partial charge in [-0.25, -0.2) is 0 Å². The highest BCUT2D eigenvalue weighted by Crippen LogP contribution is 2.48. The zero-order valence-electron chi connectivity index (χ0n) is 38.5. The summed E-state index contributed by atoms with van der Waals surface area (Å²) >= 11 is 0. The molecule has 20 atom stereocenters. The van der Waals surface area contributed by atoms with Crippen LogP contribution in [0.2, 0.25) is 0 Å². The van der Waals surface area contributed by atoms with E-state index in [9.17, 15) is 20.1 Å². The average Bonchev–Trinajstić information content (AvgIpc) is 3.58. The van der Waals surface area contributed by atoms with Gasteiger partial charge in [-0.2, -0.15) is 0 Å². The van der Waals surface area contributed by atoms with Crippen LogP contribution in [0.4, 0.5) is 0 Å². The second-order valence-corrected chi connectivity index (χ2v) is 19.4. The van der Waals surface area contributed by atoms with Crippen LogP contribution >= 0.6 is 0 Å². The van der Waals surface area contributed by atoms with Crippen molar-refractivity contribution in [1.82, 2.24) is 0 Å². The molecule has 0 aromatic carbocycles. The Morgan fingerprint density at radius 3 is 2.35 bits per heavy atom. The molecule has 0 aromatic rings. The minimum Gasteiger partial charge on any atom is -0.462 e. The van der Waals surface area contributed by atoms with Gasteiger partial charge in [-0.3, -0.25) is 4.79 Å². The molecule has 0 amide bonds. The van der Waals surface area contributed by atoms with Gasteiger partial charge in [-0.05, 0) is 69.1 Å². The minimum atomic E-state index is -1.82. The van der Waals surface area contributed by atoms with Gasteiger partial charge in [0.15, 0.2) is 18.4 Å². The van der Waals surface area contributed by atoms with E-state index < -0.39 is 90.8 Å². The van der Waals surface area contributed by atoms with Crippen LogP contribution in [-0.2, 0) is 52.2 Å². The largest absolute Gasteiger partial charge is 0.462 e. The van der Waals surface area contributed by atoms with Gasteiger partial charge in [0.05, 0.1) is 49.3 Å². The van der Waals surface area contributed by atoms with Crippen LogP contribution in [0, 0.1) is 23.7 Å². The number of allylic oxidation sites excluding steroid dienone is 2. The van der Waals surface area contributed by atoms with E-state index in [-0.39, 0.29) is 30.8 Å². The standard InChI is InChI=1S/C48H74O14/c1-11-25(2)43-28(5)17-18-47(62-43)23-34-20-33(61-47)16-15-27(4)42(26(3)13-12-14-32-24-55-45-40(49)29(6)19-35(46(51)58-34)48(32,45)52)59-39-22-37(54-10)44(31(8)57-39)60-38-21-36(53-9)41(50)30(7)56-38/h12-15,19,25-26,28,30-31,33-45,49-50,52H,11,16-18,20-24H2,1-10H3/b13-12+,27-15+,32-14+/t25-,26+,28+,30+,31+,33-,34+,35+,36+,37+,38+,39+,40-,41+,42?,43-,44?,45-,47-,48-/m1/s1. The van der Waals surface area contributed by atoms with Gasteiger partial charge in [-0.15, -0.1) is 0 Å². The summed E-state index contributed by atoms with van der Waals surface area (Å²) in [6.45, 7) is 16.3. The third-order valence-electron chi connectivity index (χ3n) is 14.9. The lowest BCUT2D eigenvalue weighted by Gasteiger charge is -2.51. The van der Waals surface area contributed by atoms with E-state index >= 15 is 0 Å². The fourth-order valence-corrected chi connectivity index (χ4v) is 11.0. The molecule has 5 fully saturated rings. The number of hydrogen-bond acceptors (Lipinski definition) is 14. The molecule has 2 unspecified atom stereocenters. The van der Waals surface area contributed by atoms with Crippen LogP contribution < -0.4 is 0 Å². The topological polar surface area (TPSA) is 170 Å². The first-order valence-electron chi connectivity index (χ1n) is 23.2. The monoisotopic (exact) mass is 875 g/mol. The Hall–Kier alpha value is -2.05. The highest BCUT2D eigenvalue weighted by atomic mass is 16.7. The molecule has 1 aliphatic carbocycles. The number of hydrogen-bond donors (Lipinski definition) is 3. The molecule has 6 heterocycles. The van der Waals surface area contributed by atoms with Crippen molar-refractivity contribution in [1.29, 1.82) is 0 Å². The summed E-state index contributed by atoms with van der Waals surface area (Å²) in [7, 11) is 3.23. The molecule has 0 aromatic heterocycles. The minimum absolute atomic E-state index is 0.00708. The summed E-state index contributed by atoms with van der Waals surface area (Å²) in [4.78, 5) is 14.4. The summed E-state index contributed by atoms with van der Waals surface area (Å²) in [5.41, 5.74) is 0.188. The molecule has 1 spiro atoms. The molecule has 350 valence electrons. The predicted molar refractivity (Wildman–Crippen MR) is 227 cm³/mol. The van der Waals surface area contributed by atoms with Gasteiger partial charge in [0.2, 0.25) is 0 Å². The molecule has 0 saturated carbocycles. The summed E-state index contributed by atoms with van der Waals surface area (Å²) in [5.74, 6) is -2.10. The van der Waals surface area contributed by atoms with Gasteiger partial charge in [-0.1, -0.05) is 64.5 Å². The highest BCUT2D eigenvalue weighted by Gasteiger charge is 2.60. The van der Waals surface area contributed by atoms with Gasteiger partial charge < -0.3 is 62.7 Å². The SMILES string of the molecule is CC[C@@H](C)[C@H]1O[C@]2(CC[C@@H]1C)C[C@@H]1C[C@@H](C/C=C(\C)C(O[C@H]3C[C@H](OC)C(O[C@H]4C[C@H](OC)[C@@H](O)[C@H](C)O4)[C@H](C)O3)[C@@H](C)/C=C/C=C3\CO[C@@H]4[C@H](O)C(C)=C[C@@H](C(=O)O1)[C@]34O)O2. The zero-order valence-corrected chi connectivity index (χ0v) is 38.5. The Labute approximate surface area is 368 Å². The quantitative estimate of drug-likeness (QED) is 0.204. The smallest absolute Gasteiger partial charge is 0.316 e. The number of ether oxygens (including phenoxy) is 10. The Bertz CT molecular complexity index is 1680. The van der Waals surface area contributed by atoms with E-state index in [0.29, 0.717) is 61.5 Å². The van der Waals surface area contributed by atoms with Crippen molar-refractivity contribution in [3.8, 4) is 0 Å². The van der Waals surface area contributed by atoms with Gasteiger partial charge >= 0.3 is 5.97 Å². The van der Waals surface area contributed by atoms with Gasteiger partial charge in [0.25, 0.3) is 0 Å². The van der Waals surface area contributed by atoms with Crippen molar-refractivity contribution in [2.75, 3.05) is 20.8 Å². The van der Waals surface area contributed by atoms with Crippen LogP contribution in [-0.4, -0.2) is 139 Å². The highest BCUT2D eigenvalue weighted by molar-refractivity contribution is 5.78. The molecule has 0 radical (unpaired) electrons. The Kier molecular flexibility index (Phi) is 15.3. The molecular formula is C48H74O14. The molecule has 6 aliphatic heterocycles. The summed E-state index contributed by atoms with van der Waals surface area (Å²) < 4.78 is 63.9. The van der Waals surface area contributed by atoms with Crippen molar-refractivity contribution < 1.29 is 67.5 Å². The zero-order chi connectivity index (χ0) is 44.7. The van der Waals surface area contributed by atoms with E-state index in [1.54, 1.807) is 40.2 Å². The molecule has 7 rings (SSSR count). The third-order valence-corrected chi connectivity index (χ3v) is 14.9. The Morgan fingerprint density at radius 2 is 1.63 bits per heavy atom. The maximum atomic E-state index is 14.4. The van der Waals surface area contributed by atoms with Crippen LogP contribution in [0.3, 0.4) is 0 Å². The maximum Gasteiger partial charge on any atom is 0.316 e. The molecule has 3 N–H and O–H groups in total. The van der Waals surface area contributed by atoms with Gasteiger partial charge in [0.1, 0.15) is 42.0 Å². The molecule has 2 bridgehead atoms. The predicted octanol–water partition coefficient (Wildman–Crippen LogP) is 5.60. The fourth-order valence-electron chi connectivity index (χ4n) is 11.0. The average molecular weight is 875 g/mol. The Morgan fingerprint density at radius 1 is 0.919 bits per heavy atom. The summed E-state index contributed by atoms with van der Waals surface area (Å²) in [6.07, 6.45) is 6.53. The van der Waals surface area contributed by atoms with Gasteiger partial charge in [0, 0.05) is 52.2 Å². The Balaban J connectivity index is 1.18. The lowest BCUT2D eigenvalue weighted by Crippen LogP contribution is -2.58. The molecule has 14 heteroatoms. The molecule has 14 nitrogen and oxygen atoms in total. The van der Waals surface area contributed by atoms with Crippen molar-refractivity contribution in [3.05, 3.63) is 47.1 Å². The number of fused-ring (bicyclic) bond motifs is 2. The van der Waals surface area contributed by atoms with Crippen LogP contribution in [0.5, 0.6) is 0 Å². The van der Waals surface area contributed by atoms with Crippen molar-refractivity contribution in [2.45, 2.75) is 204 Å². The first-order chi connectivity index (χ1) is 29.5. The molecule has 5 saturated heterocycles. The first-order valence-corrected chi connectivity index (χ1v) is 23.2. The molecular weight excluding hydrogens is 801 g/mol. The van der Waals surface area contributed by atoms with E-state index in [4.69, 9.17) is 47.4 Å². The second-order valence-electron chi connectivity index (χ2n) is 19.4. The number of rotatable bonds is 8. The van der Waals surface area contributed by atoms with Crippen LogP contribution in [0.1, 0.15) is 107 Å². The number of aliphatic hydroxyl groups is 3.